The van der Waals surface area contributed by atoms with Crippen molar-refractivity contribution < 1.29 is 14.3 Å². The number of methoxy groups -OCH3 is 2. The van der Waals surface area contributed by atoms with E-state index < -0.39 is 5.79 Å². The van der Waals surface area contributed by atoms with Gasteiger partial charge < -0.3 is 14.4 Å². The fourth-order valence-electron chi connectivity index (χ4n) is 4.60. The van der Waals surface area contributed by atoms with Gasteiger partial charge in [-0.15, -0.1) is 0 Å². The number of carbonyl (C=O) groups is 1. The Hall–Kier alpha value is -0.850. The highest BCUT2D eigenvalue weighted by molar-refractivity contribution is 6.42. The zero-order valence-electron chi connectivity index (χ0n) is 16.9. The summed E-state index contributed by atoms with van der Waals surface area (Å²) < 4.78 is 11.5. The zero-order valence-corrected chi connectivity index (χ0v) is 18.4. The first-order chi connectivity index (χ1) is 13.4. The highest BCUT2D eigenvalue weighted by atomic mass is 35.5. The molecule has 1 aromatic carbocycles. The Labute approximate surface area is 177 Å². The molecular weight excluding hydrogens is 399 g/mol. The third-order valence-electron chi connectivity index (χ3n) is 6.37. The van der Waals surface area contributed by atoms with Crippen LogP contribution in [0.1, 0.15) is 37.7 Å². The van der Waals surface area contributed by atoms with E-state index in [9.17, 15) is 4.79 Å². The van der Waals surface area contributed by atoms with E-state index in [2.05, 4.69) is 4.90 Å². The standard InChI is InChI=1S/C21H30Cl2N2O3/c1-24(20(26)13-15-6-7-16(22)17(23)12-15)18-8-9-21(27-2,28-3)14-19(18)25-10-4-5-11-25/h6-7,12,18-19H,4-5,8-11,13-14H2,1-3H3. The number of hydrogen-bond donors (Lipinski definition) is 0. The minimum Gasteiger partial charge on any atom is -0.353 e. The molecule has 1 aromatic rings. The Balaban J connectivity index is 1.74. The molecule has 1 heterocycles. The lowest BCUT2D eigenvalue weighted by molar-refractivity contribution is -0.238. The van der Waals surface area contributed by atoms with E-state index in [1.165, 1.54) is 12.8 Å². The Morgan fingerprint density at radius 1 is 1.21 bits per heavy atom. The van der Waals surface area contributed by atoms with Crippen LogP contribution in [0.3, 0.4) is 0 Å². The summed E-state index contributed by atoms with van der Waals surface area (Å²) in [5.41, 5.74) is 0.878. The van der Waals surface area contributed by atoms with Crippen molar-refractivity contribution in [1.29, 1.82) is 0 Å². The third-order valence-corrected chi connectivity index (χ3v) is 7.11. The van der Waals surface area contributed by atoms with Crippen LogP contribution in [-0.4, -0.2) is 67.9 Å². The molecule has 7 heteroatoms. The summed E-state index contributed by atoms with van der Waals surface area (Å²) in [7, 11) is 5.34. The van der Waals surface area contributed by atoms with E-state index in [-0.39, 0.29) is 18.0 Å². The predicted molar refractivity (Wildman–Crippen MR) is 112 cm³/mol. The normalized spacial score (nSPS) is 25.0. The maximum absolute atomic E-state index is 13.0. The minimum absolute atomic E-state index is 0.0925. The summed E-state index contributed by atoms with van der Waals surface area (Å²) in [4.78, 5) is 17.5. The van der Waals surface area contributed by atoms with E-state index in [1.807, 2.05) is 18.0 Å². The number of hydrogen-bond acceptors (Lipinski definition) is 4. The molecule has 0 radical (unpaired) electrons. The van der Waals surface area contributed by atoms with E-state index in [4.69, 9.17) is 32.7 Å². The van der Waals surface area contributed by atoms with Crippen molar-refractivity contribution in [2.75, 3.05) is 34.4 Å². The quantitative estimate of drug-likeness (QED) is 0.642. The molecule has 2 aliphatic rings. The highest BCUT2D eigenvalue weighted by Crippen LogP contribution is 2.37. The van der Waals surface area contributed by atoms with Crippen LogP contribution in [0.2, 0.25) is 10.0 Å². The summed E-state index contributed by atoms with van der Waals surface area (Å²) >= 11 is 12.1. The number of carbonyl (C=O) groups excluding carboxylic acids is 1. The number of rotatable bonds is 6. The fourth-order valence-corrected chi connectivity index (χ4v) is 4.92. The predicted octanol–water partition coefficient (Wildman–Crippen LogP) is 4.00. The van der Waals surface area contributed by atoms with E-state index in [0.29, 0.717) is 16.5 Å². The molecule has 3 rings (SSSR count). The first-order valence-electron chi connectivity index (χ1n) is 9.93. The number of likely N-dealkylation sites (N-methyl/N-ethyl adjacent to an activating group) is 1. The van der Waals surface area contributed by atoms with E-state index in [0.717, 1.165) is 37.9 Å². The van der Waals surface area contributed by atoms with Gasteiger partial charge >= 0.3 is 0 Å². The van der Waals surface area contributed by atoms with Gasteiger partial charge in [0.15, 0.2) is 5.79 Å². The molecule has 1 aliphatic carbocycles. The van der Waals surface area contributed by atoms with Gasteiger partial charge in [-0.1, -0.05) is 29.3 Å². The summed E-state index contributed by atoms with van der Waals surface area (Å²) in [5.74, 6) is -0.466. The Morgan fingerprint density at radius 3 is 2.50 bits per heavy atom. The van der Waals surface area contributed by atoms with E-state index in [1.54, 1.807) is 26.4 Å². The molecule has 1 aliphatic heterocycles. The third kappa shape index (κ3) is 4.65. The lowest BCUT2D eigenvalue weighted by Gasteiger charge is -2.48. The molecule has 1 saturated carbocycles. The van der Waals surface area contributed by atoms with Gasteiger partial charge in [0.05, 0.1) is 16.5 Å². The van der Waals surface area contributed by atoms with Gasteiger partial charge in [0.2, 0.25) is 5.91 Å². The average Bonchev–Trinajstić information content (AvgIpc) is 3.24. The number of ether oxygens (including phenoxy) is 2. The first-order valence-corrected chi connectivity index (χ1v) is 10.7. The average molecular weight is 429 g/mol. The van der Waals surface area contributed by atoms with E-state index >= 15 is 0 Å². The van der Waals surface area contributed by atoms with Crippen LogP contribution in [0.25, 0.3) is 0 Å². The topological polar surface area (TPSA) is 42.0 Å². The maximum Gasteiger partial charge on any atom is 0.227 e. The van der Waals surface area contributed by atoms with Gasteiger partial charge in [-0.3, -0.25) is 9.69 Å². The second kappa shape index (κ2) is 9.31. The second-order valence-electron chi connectivity index (χ2n) is 7.87. The smallest absolute Gasteiger partial charge is 0.227 e. The zero-order chi connectivity index (χ0) is 20.3. The van der Waals surface area contributed by atoms with Crippen LogP contribution < -0.4 is 0 Å². The highest BCUT2D eigenvalue weighted by Gasteiger charge is 2.46. The van der Waals surface area contributed by atoms with Crippen LogP contribution in [0.4, 0.5) is 0 Å². The molecule has 1 saturated heterocycles. The lowest BCUT2D eigenvalue weighted by atomic mass is 9.83. The van der Waals surface area contributed by atoms with Gasteiger partial charge in [0.25, 0.3) is 0 Å². The van der Waals surface area contributed by atoms with Crippen molar-refractivity contribution in [3.63, 3.8) is 0 Å². The van der Waals surface area contributed by atoms with Crippen molar-refractivity contribution in [3.8, 4) is 0 Å². The maximum atomic E-state index is 13.0. The Bertz CT molecular complexity index is 690. The van der Waals surface area contributed by atoms with Crippen LogP contribution in [-0.2, 0) is 20.7 Å². The fraction of sp³-hybridized carbons (Fsp3) is 0.667. The number of nitrogens with zero attached hydrogens (tertiary/aromatic N) is 2. The number of halogens is 2. The van der Waals surface area contributed by atoms with Crippen LogP contribution in [0.5, 0.6) is 0 Å². The molecule has 5 nitrogen and oxygen atoms in total. The molecule has 0 aromatic heterocycles. The summed E-state index contributed by atoms with van der Waals surface area (Å²) in [6, 6.07) is 5.76. The number of amides is 1. The molecule has 0 spiro atoms. The molecule has 156 valence electrons. The molecule has 2 fully saturated rings. The number of likely N-dealkylation sites (tertiary alicyclic amines) is 1. The molecule has 2 unspecified atom stereocenters. The monoisotopic (exact) mass is 428 g/mol. The van der Waals surface area contributed by atoms with Gasteiger partial charge in [0.1, 0.15) is 0 Å². The molecule has 1 amide bonds. The van der Waals surface area contributed by atoms with Crippen molar-refractivity contribution in [1.82, 2.24) is 9.80 Å². The molecule has 28 heavy (non-hydrogen) atoms. The van der Waals surface area contributed by atoms with Crippen molar-refractivity contribution >= 4 is 29.1 Å². The molecule has 2 atom stereocenters. The molecule has 0 bridgehead atoms. The lowest BCUT2D eigenvalue weighted by Crippen LogP contribution is -2.59. The van der Waals surface area contributed by atoms with Crippen molar-refractivity contribution in [2.24, 2.45) is 0 Å². The SMILES string of the molecule is COC1(OC)CCC(N(C)C(=O)Cc2ccc(Cl)c(Cl)c2)C(N2CCCC2)C1. The van der Waals surface area contributed by atoms with Crippen LogP contribution in [0, 0.1) is 0 Å². The van der Waals surface area contributed by atoms with Gasteiger partial charge in [0, 0.05) is 46.2 Å². The summed E-state index contributed by atoms with van der Waals surface area (Å²) in [6.45, 7) is 2.14. The second-order valence-corrected chi connectivity index (χ2v) is 8.68. The molecule has 0 N–H and O–H groups in total. The first kappa shape index (κ1) is 21.8. The summed E-state index contributed by atoms with van der Waals surface area (Å²) in [6.07, 6.45) is 5.13. The van der Waals surface area contributed by atoms with Gasteiger partial charge in [-0.05, 0) is 50.0 Å². The minimum atomic E-state index is -0.558. The van der Waals surface area contributed by atoms with Crippen molar-refractivity contribution in [3.05, 3.63) is 33.8 Å². The van der Waals surface area contributed by atoms with Gasteiger partial charge in [-0.2, -0.15) is 0 Å². The van der Waals surface area contributed by atoms with Crippen LogP contribution in [0.15, 0.2) is 18.2 Å². The number of benzene rings is 1. The summed E-state index contributed by atoms with van der Waals surface area (Å²) in [5, 5.41) is 0.982. The van der Waals surface area contributed by atoms with Crippen LogP contribution >= 0.6 is 23.2 Å². The Kier molecular flexibility index (Phi) is 7.26. The largest absolute Gasteiger partial charge is 0.353 e. The molecular formula is C21H30Cl2N2O3. The van der Waals surface area contributed by atoms with Gasteiger partial charge in [-0.25, -0.2) is 0 Å². The Morgan fingerprint density at radius 2 is 1.89 bits per heavy atom. The van der Waals surface area contributed by atoms with Crippen molar-refractivity contribution in [2.45, 2.75) is 56.4 Å².